The predicted octanol–water partition coefficient (Wildman–Crippen LogP) is 2.89. The first-order valence-corrected chi connectivity index (χ1v) is 8.69. The van der Waals surface area contributed by atoms with Gasteiger partial charge < -0.3 is 14.2 Å². The number of furan rings is 1. The number of piperazine rings is 1. The van der Waals surface area contributed by atoms with Crippen molar-refractivity contribution in [1.82, 2.24) is 14.9 Å². The van der Waals surface area contributed by atoms with E-state index in [1.165, 1.54) is 0 Å². The lowest BCUT2D eigenvalue weighted by molar-refractivity contribution is -0.126. The van der Waals surface area contributed by atoms with Crippen LogP contribution in [-0.4, -0.2) is 47.0 Å². The van der Waals surface area contributed by atoms with E-state index in [9.17, 15) is 4.79 Å². The lowest BCUT2D eigenvalue weighted by Crippen LogP contribution is -2.48. The number of hydrogen-bond acceptors (Lipinski definition) is 5. The van der Waals surface area contributed by atoms with E-state index in [-0.39, 0.29) is 5.91 Å². The summed E-state index contributed by atoms with van der Waals surface area (Å²) in [5, 5.41) is 0. The van der Waals surface area contributed by atoms with Gasteiger partial charge in [-0.2, -0.15) is 0 Å². The van der Waals surface area contributed by atoms with E-state index in [0.717, 1.165) is 35.6 Å². The van der Waals surface area contributed by atoms with Crippen LogP contribution in [0.15, 0.2) is 53.2 Å². The summed E-state index contributed by atoms with van der Waals surface area (Å²) < 4.78 is 5.21. The van der Waals surface area contributed by atoms with Crippen LogP contribution in [0.25, 0.3) is 17.1 Å². The van der Waals surface area contributed by atoms with Crippen LogP contribution in [0.3, 0.4) is 0 Å². The highest BCUT2D eigenvalue weighted by atomic mass is 16.3. The van der Waals surface area contributed by atoms with Gasteiger partial charge in [0, 0.05) is 32.3 Å². The molecule has 6 heteroatoms. The predicted molar refractivity (Wildman–Crippen MR) is 101 cm³/mol. The Labute approximate surface area is 151 Å². The topological polar surface area (TPSA) is 62.5 Å². The maximum atomic E-state index is 12.3. The molecule has 0 spiro atoms. The molecule has 4 rings (SSSR count). The van der Waals surface area contributed by atoms with Crippen LogP contribution in [0.4, 0.5) is 5.82 Å². The zero-order valence-electron chi connectivity index (χ0n) is 14.6. The molecule has 132 valence electrons. The van der Waals surface area contributed by atoms with Gasteiger partial charge in [-0.15, -0.1) is 0 Å². The molecule has 6 nitrogen and oxygen atoms in total. The minimum Gasteiger partial charge on any atom is -0.465 e. The molecule has 1 fully saturated rings. The second-order valence-electron chi connectivity index (χ2n) is 6.28. The number of aromatic nitrogens is 2. The first-order valence-electron chi connectivity index (χ1n) is 8.69. The molecule has 1 amide bonds. The van der Waals surface area contributed by atoms with Gasteiger partial charge >= 0.3 is 0 Å². The van der Waals surface area contributed by atoms with Gasteiger partial charge in [-0.25, -0.2) is 9.97 Å². The molecule has 0 bridgehead atoms. The van der Waals surface area contributed by atoms with Crippen molar-refractivity contribution in [3.05, 3.63) is 60.2 Å². The number of para-hydroxylation sites is 2. The maximum absolute atomic E-state index is 12.3. The molecule has 2 aromatic heterocycles. The number of aryl methyl sites for hydroxylation is 1. The third kappa shape index (κ3) is 3.31. The van der Waals surface area contributed by atoms with Crippen molar-refractivity contribution in [2.24, 2.45) is 0 Å². The SMILES string of the molecule is Cc1nc2ccccc2nc1N1CCN(C(=O)/C=C/c2ccco2)CC1. The fourth-order valence-corrected chi connectivity index (χ4v) is 3.16. The summed E-state index contributed by atoms with van der Waals surface area (Å²) in [6.45, 7) is 4.80. The van der Waals surface area contributed by atoms with Crippen molar-refractivity contribution in [1.29, 1.82) is 0 Å². The number of fused-ring (bicyclic) bond motifs is 1. The first-order chi connectivity index (χ1) is 12.7. The van der Waals surface area contributed by atoms with E-state index >= 15 is 0 Å². The molecule has 1 aliphatic rings. The zero-order valence-corrected chi connectivity index (χ0v) is 14.6. The summed E-state index contributed by atoms with van der Waals surface area (Å²) >= 11 is 0. The number of hydrogen-bond donors (Lipinski definition) is 0. The molecule has 3 aromatic rings. The Balaban J connectivity index is 1.43. The molecule has 1 saturated heterocycles. The second kappa shape index (κ2) is 7.00. The van der Waals surface area contributed by atoms with Gasteiger partial charge in [-0.1, -0.05) is 12.1 Å². The van der Waals surface area contributed by atoms with Crippen LogP contribution < -0.4 is 4.90 Å². The van der Waals surface area contributed by atoms with Crippen molar-refractivity contribution in [3.63, 3.8) is 0 Å². The van der Waals surface area contributed by atoms with Crippen LogP contribution in [0.1, 0.15) is 11.5 Å². The largest absolute Gasteiger partial charge is 0.465 e. The lowest BCUT2D eigenvalue weighted by atomic mass is 10.2. The number of anilines is 1. The normalized spacial score (nSPS) is 15.1. The standard InChI is InChI=1S/C20H20N4O2/c1-15-20(22-18-7-3-2-6-17(18)21-15)24-12-10-23(11-13-24)19(25)9-8-16-5-4-14-26-16/h2-9,14H,10-13H2,1H3/b9-8+. The van der Waals surface area contributed by atoms with Gasteiger partial charge in [0.1, 0.15) is 5.76 Å². The van der Waals surface area contributed by atoms with Crippen molar-refractivity contribution < 1.29 is 9.21 Å². The number of benzene rings is 1. The Morgan fingerprint density at radius 2 is 1.77 bits per heavy atom. The smallest absolute Gasteiger partial charge is 0.246 e. The monoisotopic (exact) mass is 348 g/mol. The van der Waals surface area contributed by atoms with Crippen LogP contribution in [-0.2, 0) is 4.79 Å². The molecular weight excluding hydrogens is 328 g/mol. The quantitative estimate of drug-likeness (QED) is 0.681. The number of rotatable bonds is 3. The Kier molecular flexibility index (Phi) is 4.39. The van der Waals surface area contributed by atoms with E-state index in [0.29, 0.717) is 18.8 Å². The number of nitrogens with zero attached hydrogens (tertiary/aromatic N) is 4. The highest BCUT2D eigenvalue weighted by Crippen LogP contribution is 2.21. The Bertz CT molecular complexity index is 942. The van der Waals surface area contributed by atoms with E-state index in [2.05, 4.69) is 9.88 Å². The lowest BCUT2D eigenvalue weighted by Gasteiger charge is -2.35. The highest BCUT2D eigenvalue weighted by Gasteiger charge is 2.22. The molecule has 0 saturated carbocycles. The van der Waals surface area contributed by atoms with Crippen LogP contribution in [0.5, 0.6) is 0 Å². The summed E-state index contributed by atoms with van der Waals surface area (Å²) in [5.74, 6) is 1.59. The molecule has 26 heavy (non-hydrogen) atoms. The van der Waals surface area contributed by atoms with Crippen LogP contribution >= 0.6 is 0 Å². The van der Waals surface area contributed by atoms with Crippen molar-refractivity contribution in [2.75, 3.05) is 31.1 Å². The Morgan fingerprint density at radius 1 is 1.04 bits per heavy atom. The minimum atomic E-state index is 0.00219. The number of carbonyl (C=O) groups is 1. The molecule has 0 atom stereocenters. The third-order valence-corrected chi connectivity index (χ3v) is 4.54. The summed E-state index contributed by atoms with van der Waals surface area (Å²) in [4.78, 5) is 25.8. The van der Waals surface area contributed by atoms with E-state index in [4.69, 9.17) is 9.40 Å². The van der Waals surface area contributed by atoms with Gasteiger partial charge in [-0.05, 0) is 37.3 Å². The summed E-state index contributed by atoms with van der Waals surface area (Å²) in [7, 11) is 0. The molecule has 0 N–H and O–H groups in total. The maximum Gasteiger partial charge on any atom is 0.246 e. The molecular formula is C20H20N4O2. The van der Waals surface area contributed by atoms with Gasteiger partial charge in [-0.3, -0.25) is 4.79 Å². The fourth-order valence-electron chi connectivity index (χ4n) is 3.16. The first kappa shape index (κ1) is 16.3. The van der Waals surface area contributed by atoms with Gasteiger partial charge in [0.15, 0.2) is 5.82 Å². The third-order valence-electron chi connectivity index (χ3n) is 4.54. The number of amides is 1. The molecule has 1 aromatic carbocycles. The molecule has 0 radical (unpaired) electrons. The average molecular weight is 348 g/mol. The van der Waals surface area contributed by atoms with E-state index in [1.54, 1.807) is 24.5 Å². The summed E-state index contributed by atoms with van der Waals surface area (Å²) in [5.41, 5.74) is 2.72. The van der Waals surface area contributed by atoms with Crippen molar-refractivity contribution >= 4 is 28.8 Å². The van der Waals surface area contributed by atoms with Crippen molar-refractivity contribution in [3.8, 4) is 0 Å². The van der Waals surface area contributed by atoms with E-state index in [1.807, 2.05) is 42.2 Å². The highest BCUT2D eigenvalue weighted by molar-refractivity contribution is 5.91. The fraction of sp³-hybridized carbons (Fsp3) is 0.250. The molecule has 1 aliphatic heterocycles. The van der Waals surface area contributed by atoms with Gasteiger partial charge in [0.25, 0.3) is 0 Å². The van der Waals surface area contributed by atoms with E-state index < -0.39 is 0 Å². The molecule has 0 unspecified atom stereocenters. The molecule has 0 aliphatic carbocycles. The minimum absolute atomic E-state index is 0.00219. The van der Waals surface area contributed by atoms with Crippen LogP contribution in [0, 0.1) is 6.92 Å². The van der Waals surface area contributed by atoms with Gasteiger partial charge in [0.05, 0.1) is 23.0 Å². The average Bonchev–Trinajstić information content (AvgIpc) is 3.19. The van der Waals surface area contributed by atoms with Gasteiger partial charge in [0.2, 0.25) is 5.91 Å². The molecule has 3 heterocycles. The second-order valence-corrected chi connectivity index (χ2v) is 6.28. The van der Waals surface area contributed by atoms with Crippen LogP contribution in [0.2, 0.25) is 0 Å². The Morgan fingerprint density at radius 3 is 2.46 bits per heavy atom. The zero-order chi connectivity index (χ0) is 17.9. The van der Waals surface area contributed by atoms with Crippen molar-refractivity contribution in [2.45, 2.75) is 6.92 Å². The summed E-state index contributed by atoms with van der Waals surface area (Å²) in [6.07, 6.45) is 4.86. The Hall–Kier alpha value is -3.15. The number of carbonyl (C=O) groups excluding carboxylic acids is 1. The summed E-state index contributed by atoms with van der Waals surface area (Å²) in [6, 6.07) is 11.5.